The molecule has 0 saturated heterocycles. The van der Waals surface area contributed by atoms with Gasteiger partial charge in [-0.05, 0) is 35.5 Å². The van der Waals surface area contributed by atoms with E-state index in [9.17, 15) is 0 Å². The average molecular weight is 390 g/mol. The molecule has 1 nitrogen and oxygen atoms in total. The molecule has 1 atom stereocenters. The number of rotatable bonds is 5. The quantitative estimate of drug-likeness (QED) is 0.434. The van der Waals surface area contributed by atoms with Crippen LogP contribution in [0.2, 0.25) is 0 Å². The van der Waals surface area contributed by atoms with Crippen molar-refractivity contribution in [1.29, 1.82) is 5.26 Å². The monoisotopic (exact) mass is 389 g/mol. The molecular weight excluding hydrogens is 362 g/mol. The number of hydrogen-bond acceptors (Lipinski definition) is 1. The third kappa shape index (κ3) is 7.36. The molecule has 0 fully saturated rings. The highest BCUT2D eigenvalue weighted by Gasteiger charge is 2.10. The Bertz CT molecular complexity index is 984. The minimum absolute atomic E-state index is 0.208. The highest BCUT2D eigenvalue weighted by atomic mass is 14.2. The molecule has 0 aliphatic rings. The Morgan fingerprint density at radius 1 is 0.600 bits per heavy atom. The van der Waals surface area contributed by atoms with Gasteiger partial charge < -0.3 is 0 Å². The van der Waals surface area contributed by atoms with Gasteiger partial charge in [-0.25, -0.2) is 0 Å². The van der Waals surface area contributed by atoms with Crippen LogP contribution in [0, 0.1) is 35.0 Å². The number of benzene rings is 3. The Hall–Kier alpha value is -3.73. The van der Waals surface area contributed by atoms with Gasteiger partial charge in [0.2, 0.25) is 0 Å². The molecule has 30 heavy (non-hydrogen) atoms. The molecule has 0 bridgehead atoms. The van der Waals surface area contributed by atoms with Crippen LogP contribution < -0.4 is 0 Å². The van der Waals surface area contributed by atoms with Gasteiger partial charge in [-0.15, -0.1) is 0 Å². The van der Waals surface area contributed by atoms with Crippen LogP contribution in [-0.4, -0.2) is 0 Å². The van der Waals surface area contributed by atoms with E-state index >= 15 is 0 Å². The van der Waals surface area contributed by atoms with Gasteiger partial charge in [0.15, 0.2) is 6.07 Å². The maximum atomic E-state index is 8.21. The van der Waals surface area contributed by atoms with Crippen LogP contribution in [-0.2, 0) is 0 Å². The average Bonchev–Trinajstić information content (AvgIpc) is 2.82. The predicted octanol–water partition coefficient (Wildman–Crippen LogP) is 6.94. The van der Waals surface area contributed by atoms with E-state index in [1.54, 1.807) is 6.07 Å². The summed E-state index contributed by atoms with van der Waals surface area (Å²) in [5, 5.41) is 8.21. The molecule has 0 aromatic heterocycles. The second-order valence-corrected chi connectivity index (χ2v) is 6.78. The van der Waals surface area contributed by atoms with Crippen LogP contribution in [0.25, 0.3) is 0 Å². The fraction of sp³-hybridized carbons (Fsp3) is 0.207. The minimum atomic E-state index is 0.208. The first-order chi connectivity index (χ1) is 14.8. The van der Waals surface area contributed by atoms with E-state index in [1.165, 1.54) is 16.7 Å². The van der Waals surface area contributed by atoms with Crippen LogP contribution in [0.5, 0.6) is 0 Å². The summed E-state index contributed by atoms with van der Waals surface area (Å²) < 4.78 is 0. The summed E-state index contributed by atoms with van der Waals surface area (Å²) in [7, 11) is 0. The Balaban J connectivity index is 0.000000214. The molecule has 148 valence electrons. The van der Waals surface area contributed by atoms with E-state index in [-0.39, 0.29) is 5.92 Å². The second kappa shape index (κ2) is 13.4. The van der Waals surface area contributed by atoms with Gasteiger partial charge in [-0.1, -0.05) is 111 Å². The third-order valence-electron chi connectivity index (χ3n) is 4.85. The molecule has 0 aliphatic heterocycles. The van der Waals surface area contributed by atoms with E-state index in [2.05, 4.69) is 110 Å². The molecule has 0 heterocycles. The fourth-order valence-electron chi connectivity index (χ4n) is 3.32. The standard InChI is InChI=1S/C15H16.C14H11N/c1-2-15(13-9-5-3-6-10-13)14-11-7-4-8-12-14;1-2-13(9-7-4-8-12-15)14-10-5-3-6-11-14/h3-12,15H,2H2,1H3;3,5-6,10-11,13H,2H2,1H3. The van der Waals surface area contributed by atoms with E-state index in [4.69, 9.17) is 5.26 Å². The van der Waals surface area contributed by atoms with Crippen molar-refractivity contribution in [2.24, 2.45) is 0 Å². The Labute approximate surface area is 181 Å². The van der Waals surface area contributed by atoms with Gasteiger partial charge in [0, 0.05) is 23.7 Å². The Morgan fingerprint density at radius 2 is 1.07 bits per heavy atom. The van der Waals surface area contributed by atoms with Crippen molar-refractivity contribution in [2.45, 2.75) is 38.5 Å². The minimum Gasteiger partial charge on any atom is -0.183 e. The van der Waals surface area contributed by atoms with E-state index in [1.807, 2.05) is 18.2 Å². The summed E-state index contributed by atoms with van der Waals surface area (Å²) in [5.41, 5.74) is 4.02. The zero-order valence-electron chi connectivity index (χ0n) is 17.7. The first-order valence-corrected chi connectivity index (χ1v) is 10.3. The molecule has 0 amide bonds. The summed E-state index contributed by atoms with van der Waals surface area (Å²) in [5.74, 6) is 11.2. The van der Waals surface area contributed by atoms with E-state index in [0.717, 1.165) is 12.8 Å². The van der Waals surface area contributed by atoms with Crippen molar-refractivity contribution in [3.05, 3.63) is 108 Å². The lowest BCUT2D eigenvalue weighted by Gasteiger charge is -2.15. The molecule has 0 aliphatic carbocycles. The Morgan fingerprint density at radius 3 is 1.47 bits per heavy atom. The fourth-order valence-corrected chi connectivity index (χ4v) is 3.32. The normalized spacial score (nSPS) is 10.2. The van der Waals surface area contributed by atoms with E-state index in [0.29, 0.717) is 5.92 Å². The van der Waals surface area contributed by atoms with Crippen LogP contribution >= 0.6 is 0 Å². The summed E-state index contributed by atoms with van der Waals surface area (Å²) >= 11 is 0. The van der Waals surface area contributed by atoms with Gasteiger partial charge in [0.25, 0.3) is 0 Å². The smallest absolute Gasteiger partial charge is 0.153 e. The molecule has 0 spiro atoms. The summed E-state index contributed by atoms with van der Waals surface area (Å²) in [6.45, 7) is 4.33. The number of nitrogens with zero attached hydrogens (tertiary/aromatic N) is 1. The largest absolute Gasteiger partial charge is 0.183 e. The predicted molar refractivity (Wildman–Crippen MR) is 126 cm³/mol. The molecule has 3 aromatic rings. The van der Waals surface area contributed by atoms with Crippen molar-refractivity contribution >= 4 is 0 Å². The summed E-state index contributed by atoms with van der Waals surface area (Å²) in [6.07, 6.45) is 2.10. The highest BCUT2D eigenvalue weighted by Crippen LogP contribution is 2.27. The lowest BCUT2D eigenvalue weighted by atomic mass is 9.89. The number of hydrogen-bond donors (Lipinski definition) is 0. The maximum Gasteiger partial charge on any atom is 0.153 e. The zero-order chi connectivity index (χ0) is 21.4. The van der Waals surface area contributed by atoms with Crippen LogP contribution in [0.3, 0.4) is 0 Å². The van der Waals surface area contributed by atoms with Crippen molar-refractivity contribution in [1.82, 2.24) is 0 Å². The molecular formula is C29H27N. The topological polar surface area (TPSA) is 23.8 Å². The molecule has 0 radical (unpaired) electrons. The molecule has 3 aromatic carbocycles. The first-order valence-electron chi connectivity index (χ1n) is 10.3. The van der Waals surface area contributed by atoms with Gasteiger partial charge >= 0.3 is 0 Å². The second-order valence-electron chi connectivity index (χ2n) is 6.78. The van der Waals surface area contributed by atoms with Crippen molar-refractivity contribution in [3.8, 4) is 29.8 Å². The highest BCUT2D eigenvalue weighted by molar-refractivity contribution is 5.36. The van der Waals surface area contributed by atoms with Crippen molar-refractivity contribution in [3.63, 3.8) is 0 Å². The van der Waals surface area contributed by atoms with Crippen LogP contribution in [0.15, 0.2) is 91.0 Å². The number of nitriles is 1. The van der Waals surface area contributed by atoms with E-state index < -0.39 is 0 Å². The third-order valence-corrected chi connectivity index (χ3v) is 4.85. The van der Waals surface area contributed by atoms with Crippen molar-refractivity contribution in [2.75, 3.05) is 0 Å². The summed E-state index contributed by atoms with van der Waals surface area (Å²) in [6, 6.07) is 33.3. The molecule has 0 N–H and O–H groups in total. The molecule has 1 unspecified atom stereocenters. The van der Waals surface area contributed by atoms with Gasteiger partial charge in [-0.3, -0.25) is 0 Å². The summed E-state index contributed by atoms with van der Waals surface area (Å²) in [4.78, 5) is 0. The molecule has 3 rings (SSSR count). The first kappa shape index (κ1) is 22.6. The maximum absolute atomic E-state index is 8.21. The van der Waals surface area contributed by atoms with Gasteiger partial charge in [0.1, 0.15) is 0 Å². The lowest BCUT2D eigenvalue weighted by Crippen LogP contribution is -1.98. The van der Waals surface area contributed by atoms with Crippen LogP contribution in [0.4, 0.5) is 0 Å². The molecule has 1 heteroatoms. The molecule has 0 saturated carbocycles. The van der Waals surface area contributed by atoms with Crippen LogP contribution in [0.1, 0.15) is 55.2 Å². The Kier molecular flexibility index (Phi) is 10.1. The van der Waals surface area contributed by atoms with Gasteiger partial charge in [-0.2, -0.15) is 5.26 Å². The van der Waals surface area contributed by atoms with Crippen molar-refractivity contribution < 1.29 is 0 Å². The SMILES string of the molecule is CCC(C#CC#CC#N)c1ccccc1.CCC(c1ccccc1)c1ccccc1. The zero-order valence-corrected chi connectivity index (χ0v) is 17.7. The van der Waals surface area contributed by atoms with Gasteiger partial charge in [0.05, 0.1) is 0 Å². The lowest BCUT2D eigenvalue weighted by molar-refractivity contribution is 0.777.